The lowest BCUT2D eigenvalue weighted by Crippen LogP contribution is -1.93. The molecule has 0 N–H and O–H groups in total. The summed E-state index contributed by atoms with van der Waals surface area (Å²) >= 11 is 0. The molecule has 0 spiro atoms. The van der Waals surface area contributed by atoms with Gasteiger partial charge in [0.25, 0.3) is 0 Å². The zero-order valence-electron chi connectivity index (χ0n) is 8.46. The summed E-state index contributed by atoms with van der Waals surface area (Å²) < 4.78 is 0. The Bertz CT molecular complexity index is 333. The highest BCUT2D eigenvalue weighted by Crippen LogP contribution is 2.20. The van der Waals surface area contributed by atoms with Crippen LogP contribution in [0.5, 0.6) is 0 Å². The molecular weight excluding hydrogens is 158 g/mol. The number of nitrogens with zero attached hydrogens (tertiary/aromatic N) is 1. The topological polar surface area (TPSA) is 23.8 Å². The first kappa shape index (κ1) is 9.80. The van der Waals surface area contributed by atoms with Gasteiger partial charge < -0.3 is 0 Å². The van der Waals surface area contributed by atoms with Crippen LogP contribution in [-0.4, -0.2) is 0 Å². The molecule has 1 unspecified atom stereocenters. The van der Waals surface area contributed by atoms with E-state index in [4.69, 9.17) is 5.26 Å². The third-order valence-corrected chi connectivity index (χ3v) is 2.55. The minimum Gasteiger partial charge on any atom is -0.192 e. The summed E-state index contributed by atoms with van der Waals surface area (Å²) in [5, 5.41) is 8.76. The van der Waals surface area contributed by atoms with Crippen LogP contribution < -0.4 is 0 Å². The Kier molecular flexibility index (Phi) is 3.08. The molecule has 0 heterocycles. The molecule has 1 atom stereocenters. The summed E-state index contributed by atoms with van der Waals surface area (Å²) in [5.74, 6) is 0.589. The van der Waals surface area contributed by atoms with Crippen molar-refractivity contribution < 1.29 is 0 Å². The summed E-state index contributed by atoms with van der Waals surface area (Å²) in [5.41, 5.74) is 3.20. The van der Waals surface area contributed by atoms with E-state index in [-0.39, 0.29) is 0 Å². The minimum atomic E-state index is 0.589. The van der Waals surface area contributed by atoms with Crippen LogP contribution in [0.2, 0.25) is 0 Å². The Balaban J connectivity index is 3.04. The van der Waals surface area contributed by atoms with E-state index in [1.165, 1.54) is 5.56 Å². The van der Waals surface area contributed by atoms with Crippen LogP contribution in [0.4, 0.5) is 0 Å². The van der Waals surface area contributed by atoms with Crippen LogP contribution in [-0.2, 0) is 0 Å². The molecule has 1 aromatic rings. The molecule has 0 aliphatic heterocycles. The van der Waals surface area contributed by atoms with E-state index in [9.17, 15) is 0 Å². The molecule has 0 aromatic heterocycles. The molecule has 0 fully saturated rings. The second-order valence-corrected chi connectivity index (χ2v) is 3.50. The number of rotatable bonds is 2. The summed E-state index contributed by atoms with van der Waals surface area (Å²) in [4.78, 5) is 0. The molecule has 1 heteroatoms. The van der Waals surface area contributed by atoms with Gasteiger partial charge in [0.2, 0.25) is 0 Å². The van der Waals surface area contributed by atoms with E-state index in [0.717, 1.165) is 17.5 Å². The Morgan fingerprint density at radius 1 is 1.46 bits per heavy atom. The molecule has 1 nitrogen and oxygen atoms in total. The maximum absolute atomic E-state index is 8.76. The highest BCUT2D eigenvalue weighted by molar-refractivity contribution is 5.40. The number of nitriles is 1. The highest BCUT2D eigenvalue weighted by Gasteiger charge is 2.04. The Labute approximate surface area is 80.0 Å². The predicted molar refractivity (Wildman–Crippen MR) is 54.6 cm³/mol. The van der Waals surface area contributed by atoms with Gasteiger partial charge in [0.15, 0.2) is 0 Å². The van der Waals surface area contributed by atoms with Gasteiger partial charge >= 0.3 is 0 Å². The third kappa shape index (κ3) is 2.09. The van der Waals surface area contributed by atoms with Gasteiger partial charge in [0.05, 0.1) is 11.6 Å². The second-order valence-electron chi connectivity index (χ2n) is 3.50. The summed E-state index contributed by atoms with van der Waals surface area (Å²) in [7, 11) is 0. The smallest absolute Gasteiger partial charge is 0.0994 e. The van der Waals surface area contributed by atoms with Gasteiger partial charge in [-0.05, 0) is 36.5 Å². The first-order valence-electron chi connectivity index (χ1n) is 4.69. The summed E-state index contributed by atoms with van der Waals surface area (Å²) in [6.45, 7) is 6.38. The predicted octanol–water partition coefficient (Wildman–Crippen LogP) is 3.38. The molecule has 1 rings (SSSR count). The van der Waals surface area contributed by atoms with Crippen LogP contribution in [0, 0.1) is 18.3 Å². The van der Waals surface area contributed by atoms with E-state index in [0.29, 0.717) is 5.92 Å². The quantitative estimate of drug-likeness (QED) is 0.672. The van der Waals surface area contributed by atoms with Gasteiger partial charge in [-0.1, -0.05) is 26.0 Å². The fraction of sp³-hybridized carbons (Fsp3) is 0.417. The number of hydrogen-bond acceptors (Lipinski definition) is 1. The highest BCUT2D eigenvalue weighted by atomic mass is 14.2. The van der Waals surface area contributed by atoms with Gasteiger partial charge in [-0.2, -0.15) is 5.26 Å². The molecule has 0 radical (unpaired) electrons. The van der Waals surface area contributed by atoms with Crippen molar-refractivity contribution in [2.45, 2.75) is 33.1 Å². The molecule has 0 aliphatic carbocycles. The number of hydrogen-bond donors (Lipinski definition) is 0. The van der Waals surface area contributed by atoms with Crippen LogP contribution in [0.3, 0.4) is 0 Å². The van der Waals surface area contributed by atoms with E-state index in [1.54, 1.807) is 0 Å². The van der Waals surface area contributed by atoms with Gasteiger partial charge in [0.1, 0.15) is 0 Å². The lowest BCUT2D eigenvalue weighted by molar-refractivity contribution is 0.733. The average molecular weight is 173 g/mol. The molecule has 1 aromatic carbocycles. The normalized spacial score (nSPS) is 12.2. The van der Waals surface area contributed by atoms with Gasteiger partial charge in [-0.15, -0.1) is 0 Å². The maximum Gasteiger partial charge on any atom is 0.0994 e. The fourth-order valence-electron chi connectivity index (χ4n) is 1.35. The van der Waals surface area contributed by atoms with E-state index in [2.05, 4.69) is 32.0 Å². The first-order chi connectivity index (χ1) is 6.19. The van der Waals surface area contributed by atoms with Crippen molar-refractivity contribution in [2.75, 3.05) is 0 Å². The molecule has 0 saturated carbocycles. The molecule has 0 bridgehead atoms. The Morgan fingerprint density at radius 2 is 2.15 bits per heavy atom. The number of benzene rings is 1. The van der Waals surface area contributed by atoms with Gasteiger partial charge in [0, 0.05) is 0 Å². The molecular formula is C12H15N. The van der Waals surface area contributed by atoms with Crippen LogP contribution in [0.15, 0.2) is 18.2 Å². The lowest BCUT2D eigenvalue weighted by atomic mass is 9.95. The van der Waals surface area contributed by atoms with Gasteiger partial charge in [-0.3, -0.25) is 0 Å². The van der Waals surface area contributed by atoms with Crippen molar-refractivity contribution in [2.24, 2.45) is 0 Å². The third-order valence-electron chi connectivity index (χ3n) is 2.55. The van der Waals surface area contributed by atoms with Crippen LogP contribution >= 0.6 is 0 Å². The molecule has 68 valence electrons. The molecule has 13 heavy (non-hydrogen) atoms. The molecule has 0 amide bonds. The number of aryl methyl sites for hydroxylation is 1. The first-order valence-corrected chi connectivity index (χ1v) is 4.69. The van der Waals surface area contributed by atoms with E-state index >= 15 is 0 Å². The van der Waals surface area contributed by atoms with Gasteiger partial charge in [-0.25, -0.2) is 0 Å². The SMILES string of the molecule is CCC(C)c1ccc(C#N)c(C)c1. The van der Waals surface area contributed by atoms with Crippen molar-refractivity contribution in [3.05, 3.63) is 34.9 Å². The van der Waals surface area contributed by atoms with Crippen molar-refractivity contribution in [1.29, 1.82) is 5.26 Å². The fourth-order valence-corrected chi connectivity index (χ4v) is 1.35. The minimum absolute atomic E-state index is 0.589. The molecule has 0 aliphatic rings. The van der Waals surface area contributed by atoms with Crippen molar-refractivity contribution in [1.82, 2.24) is 0 Å². The lowest BCUT2D eigenvalue weighted by Gasteiger charge is -2.09. The Morgan fingerprint density at radius 3 is 2.62 bits per heavy atom. The summed E-state index contributed by atoms with van der Waals surface area (Å²) in [6, 6.07) is 8.27. The standard InChI is InChI=1S/C12H15N/c1-4-9(2)11-5-6-12(8-13)10(3)7-11/h5-7,9H,4H2,1-3H3. The van der Waals surface area contributed by atoms with E-state index < -0.39 is 0 Å². The zero-order valence-corrected chi connectivity index (χ0v) is 8.46. The van der Waals surface area contributed by atoms with Crippen molar-refractivity contribution in [3.8, 4) is 6.07 Å². The van der Waals surface area contributed by atoms with Crippen molar-refractivity contribution in [3.63, 3.8) is 0 Å². The monoisotopic (exact) mass is 173 g/mol. The Hall–Kier alpha value is -1.29. The van der Waals surface area contributed by atoms with Crippen LogP contribution in [0.25, 0.3) is 0 Å². The largest absolute Gasteiger partial charge is 0.192 e. The van der Waals surface area contributed by atoms with E-state index in [1.807, 2.05) is 13.0 Å². The average Bonchev–Trinajstić information content (AvgIpc) is 2.16. The zero-order chi connectivity index (χ0) is 9.84. The van der Waals surface area contributed by atoms with Crippen molar-refractivity contribution >= 4 is 0 Å². The summed E-state index contributed by atoms with van der Waals surface area (Å²) in [6.07, 6.45) is 1.14. The maximum atomic E-state index is 8.76. The second kappa shape index (κ2) is 4.09. The molecule has 0 saturated heterocycles. The van der Waals surface area contributed by atoms with Crippen LogP contribution in [0.1, 0.15) is 42.9 Å².